The second kappa shape index (κ2) is 7.06. The summed E-state index contributed by atoms with van der Waals surface area (Å²) in [5.74, 6) is 3.11. The summed E-state index contributed by atoms with van der Waals surface area (Å²) in [6.45, 7) is 8.27. The van der Waals surface area contributed by atoms with E-state index >= 15 is 0 Å². The van der Waals surface area contributed by atoms with E-state index in [-0.39, 0.29) is 5.92 Å². The van der Waals surface area contributed by atoms with E-state index in [2.05, 4.69) is 11.6 Å². The highest BCUT2D eigenvalue weighted by atomic mass is 31.2. The third kappa shape index (κ3) is 5.44. The van der Waals surface area contributed by atoms with E-state index in [1.807, 2.05) is 13.8 Å². The second-order valence-electron chi connectivity index (χ2n) is 2.90. The SMILES string of the molecule is CCOP(=O)(C#CC(C)CC)OCC. The summed E-state index contributed by atoms with van der Waals surface area (Å²) >= 11 is 0. The summed E-state index contributed by atoms with van der Waals surface area (Å²) in [6, 6.07) is 0. The topological polar surface area (TPSA) is 35.5 Å². The zero-order valence-corrected chi connectivity index (χ0v) is 10.3. The van der Waals surface area contributed by atoms with Gasteiger partial charge in [0.1, 0.15) is 0 Å². The zero-order chi connectivity index (χ0) is 11.0. The molecule has 0 fully saturated rings. The molecule has 0 aromatic carbocycles. The Morgan fingerprint density at radius 1 is 1.21 bits per heavy atom. The third-order valence-corrected chi connectivity index (χ3v) is 3.26. The lowest BCUT2D eigenvalue weighted by molar-refractivity contribution is 0.230. The van der Waals surface area contributed by atoms with E-state index in [1.54, 1.807) is 13.8 Å². The molecule has 0 saturated heterocycles. The van der Waals surface area contributed by atoms with Crippen molar-refractivity contribution in [3.8, 4) is 11.6 Å². The molecule has 0 N–H and O–H groups in total. The van der Waals surface area contributed by atoms with Gasteiger partial charge in [-0.1, -0.05) is 19.8 Å². The highest BCUT2D eigenvalue weighted by Gasteiger charge is 2.19. The smallest absolute Gasteiger partial charge is 0.300 e. The first-order valence-corrected chi connectivity index (χ1v) is 6.54. The normalized spacial score (nSPS) is 13.1. The molecule has 14 heavy (non-hydrogen) atoms. The molecule has 0 aromatic rings. The van der Waals surface area contributed by atoms with Crippen molar-refractivity contribution in [2.24, 2.45) is 5.92 Å². The van der Waals surface area contributed by atoms with Crippen molar-refractivity contribution in [2.45, 2.75) is 34.1 Å². The minimum absolute atomic E-state index is 0.226. The van der Waals surface area contributed by atoms with Gasteiger partial charge in [0.15, 0.2) is 0 Å². The molecule has 0 heterocycles. The van der Waals surface area contributed by atoms with Gasteiger partial charge in [-0.15, -0.1) is 0 Å². The van der Waals surface area contributed by atoms with Crippen LogP contribution >= 0.6 is 7.60 Å². The fourth-order valence-electron chi connectivity index (χ4n) is 0.733. The van der Waals surface area contributed by atoms with Gasteiger partial charge in [-0.2, -0.15) is 0 Å². The first kappa shape index (κ1) is 13.7. The van der Waals surface area contributed by atoms with Crippen LogP contribution in [0, 0.1) is 17.5 Å². The van der Waals surface area contributed by atoms with Crippen LogP contribution in [0.4, 0.5) is 0 Å². The third-order valence-electron chi connectivity index (χ3n) is 1.66. The number of hydrogen-bond acceptors (Lipinski definition) is 3. The maximum atomic E-state index is 11.8. The van der Waals surface area contributed by atoms with Crippen LogP contribution in [-0.2, 0) is 13.6 Å². The first-order valence-electron chi connectivity index (χ1n) is 4.99. The molecule has 0 spiro atoms. The van der Waals surface area contributed by atoms with E-state index < -0.39 is 7.60 Å². The van der Waals surface area contributed by atoms with Crippen LogP contribution < -0.4 is 0 Å². The van der Waals surface area contributed by atoms with Crippen LogP contribution in [0.15, 0.2) is 0 Å². The van der Waals surface area contributed by atoms with Crippen molar-refractivity contribution in [1.82, 2.24) is 0 Å². The summed E-state index contributed by atoms with van der Waals surface area (Å²) in [4.78, 5) is 0. The van der Waals surface area contributed by atoms with Gasteiger partial charge in [-0.25, -0.2) is 4.57 Å². The molecule has 82 valence electrons. The van der Waals surface area contributed by atoms with Gasteiger partial charge < -0.3 is 0 Å². The first-order chi connectivity index (χ1) is 6.58. The molecule has 3 nitrogen and oxygen atoms in total. The predicted octanol–water partition coefficient (Wildman–Crippen LogP) is 3.26. The maximum absolute atomic E-state index is 11.8. The summed E-state index contributed by atoms with van der Waals surface area (Å²) < 4.78 is 21.9. The standard InChI is InChI=1S/C10H19O3P/c1-5-10(4)8-9-14(11,12-6-2)13-7-3/h10H,5-7H2,1-4H3. The lowest BCUT2D eigenvalue weighted by Crippen LogP contribution is -1.94. The van der Waals surface area contributed by atoms with Crippen molar-refractivity contribution in [1.29, 1.82) is 0 Å². The van der Waals surface area contributed by atoms with Crippen LogP contribution in [0.3, 0.4) is 0 Å². The Bertz CT molecular complexity index is 242. The molecule has 0 saturated carbocycles. The van der Waals surface area contributed by atoms with Crippen LogP contribution in [0.5, 0.6) is 0 Å². The van der Waals surface area contributed by atoms with Gasteiger partial charge in [-0.3, -0.25) is 9.05 Å². The number of hydrogen-bond donors (Lipinski definition) is 0. The average molecular weight is 218 g/mol. The molecule has 0 aromatic heterocycles. The van der Waals surface area contributed by atoms with E-state index in [1.165, 1.54) is 0 Å². The average Bonchev–Trinajstić information content (AvgIpc) is 2.15. The van der Waals surface area contributed by atoms with Gasteiger partial charge in [0.2, 0.25) is 0 Å². The molecule has 0 aliphatic carbocycles. The molecule has 0 amide bonds. The molecule has 4 heteroatoms. The van der Waals surface area contributed by atoms with Crippen molar-refractivity contribution < 1.29 is 13.6 Å². The molecule has 0 aliphatic rings. The van der Waals surface area contributed by atoms with E-state index in [4.69, 9.17) is 9.05 Å². The molecule has 1 atom stereocenters. The molecule has 0 radical (unpaired) electrons. The Hall–Kier alpha value is -0.290. The predicted molar refractivity (Wildman–Crippen MR) is 58.1 cm³/mol. The van der Waals surface area contributed by atoms with Gasteiger partial charge in [0, 0.05) is 11.6 Å². The lowest BCUT2D eigenvalue weighted by Gasteiger charge is -2.10. The Labute approximate surface area is 86.7 Å². The maximum Gasteiger partial charge on any atom is 0.405 e. The van der Waals surface area contributed by atoms with Gasteiger partial charge in [0.25, 0.3) is 0 Å². The summed E-state index contributed by atoms with van der Waals surface area (Å²) in [7, 11) is -3.15. The molecule has 1 unspecified atom stereocenters. The summed E-state index contributed by atoms with van der Waals surface area (Å²) in [5, 5.41) is 0. The van der Waals surface area contributed by atoms with Crippen molar-refractivity contribution >= 4 is 7.60 Å². The highest BCUT2D eigenvalue weighted by molar-refractivity contribution is 7.59. The largest absolute Gasteiger partial charge is 0.405 e. The Morgan fingerprint density at radius 2 is 1.71 bits per heavy atom. The van der Waals surface area contributed by atoms with Crippen molar-refractivity contribution in [2.75, 3.05) is 13.2 Å². The van der Waals surface area contributed by atoms with E-state index in [0.29, 0.717) is 13.2 Å². The Balaban J connectivity index is 4.47. The lowest BCUT2D eigenvalue weighted by atomic mass is 10.1. The Kier molecular flexibility index (Phi) is 6.92. The van der Waals surface area contributed by atoms with Crippen LogP contribution in [0.1, 0.15) is 34.1 Å². The quantitative estimate of drug-likeness (QED) is 0.524. The number of rotatable bonds is 5. The van der Waals surface area contributed by atoms with Crippen molar-refractivity contribution in [3.63, 3.8) is 0 Å². The van der Waals surface area contributed by atoms with Crippen LogP contribution in [0.2, 0.25) is 0 Å². The monoisotopic (exact) mass is 218 g/mol. The van der Waals surface area contributed by atoms with Gasteiger partial charge >= 0.3 is 7.60 Å². The van der Waals surface area contributed by atoms with Crippen LogP contribution in [0.25, 0.3) is 0 Å². The van der Waals surface area contributed by atoms with E-state index in [9.17, 15) is 4.57 Å². The summed E-state index contributed by atoms with van der Waals surface area (Å²) in [5.41, 5.74) is 2.61. The molecule has 0 bridgehead atoms. The zero-order valence-electron chi connectivity index (χ0n) is 9.37. The molecule has 0 aliphatic heterocycles. The molecular weight excluding hydrogens is 199 g/mol. The highest BCUT2D eigenvalue weighted by Crippen LogP contribution is 2.46. The molecule has 0 rings (SSSR count). The Morgan fingerprint density at radius 3 is 2.07 bits per heavy atom. The second-order valence-corrected chi connectivity index (χ2v) is 4.63. The van der Waals surface area contributed by atoms with Gasteiger partial charge in [0.05, 0.1) is 13.2 Å². The fraction of sp³-hybridized carbons (Fsp3) is 0.800. The summed E-state index contributed by atoms with van der Waals surface area (Å²) in [6.07, 6.45) is 0.936. The fourth-order valence-corrected chi connectivity index (χ4v) is 2.00. The molecular formula is C10H19O3P. The van der Waals surface area contributed by atoms with Gasteiger partial charge in [-0.05, 0) is 20.3 Å². The van der Waals surface area contributed by atoms with Crippen molar-refractivity contribution in [3.05, 3.63) is 0 Å². The minimum Gasteiger partial charge on any atom is -0.300 e. The van der Waals surface area contributed by atoms with Crippen LogP contribution in [-0.4, -0.2) is 13.2 Å². The minimum atomic E-state index is -3.15. The van der Waals surface area contributed by atoms with E-state index in [0.717, 1.165) is 6.42 Å².